The maximum absolute atomic E-state index is 12.3. The molecule has 0 radical (unpaired) electrons. The van der Waals surface area contributed by atoms with E-state index in [1.54, 1.807) is 0 Å². The molecule has 1 spiro atoms. The molecule has 3 amide bonds. The molecule has 0 aromatic rings. The first-order valence-corrected chi connectivity index (χ1v) is 5.66. The summed E-state index contributed by atoms with van der Waals surface area (Å²) >= 11 is 0. The highest BCUT2D eigenvalue weighted by Gasteiger charge is 2.61. The lowest BCUT2D eigenvalue weighted by atomic mass is 9.75. The molecule has 1 aliphatic carbocycles. The van der Waals surface area contributed by atoms with E-state index in [0.717, 1.165) is 17.7 Å². The molecular formula is C11H16N2O4. The number of nitrogens with one attached hydrogen (secondary N) is 1. The molecule has 0 aromatic carbocycles. The second-order valence-corrected chi connectivity index (χ2v) is 5.36. The van der Waals surface area contributed by atoms with Gasteiger partial charge in [0.2, 0.25) is 0 Å². The van der Waals surface area contributed by atoms with Gasteiger partial charge in [0.25, 0.3) is 5.91 Å². The van der Waals surface area contributed by atoms with Crippen LogP contribution in [0.3, 0.4) is 0 Å². The monoisotopic (exact) mass is 240 g/mol. The van der Waals surface area contributed by atoms with Gasteiger partial charge in [-0.3, -0.25) is 14.5 Å². The second-order valence-electron chi connectivity index (χ2n) is 5.36. The number of urea groups is 1. The molecule has 2 N–H and O–H groups in total. The summed E-state index contributed by atoms with van der Waals surface area (Å²) < 4.78 is 0. The molecule has 94 valence electrons. The highest BCUT2D eigenvalue weighted by Crippen LogP contribution is 2.48. The normalized spacial score (nSPS) is 31.1. The summed E-state index contributed by atoms with van der Waals surface area (Å²) in [6.07, 6.45) is 2.29. The zero-order valence-corrected chi connectivity index (χ0v) is 9.95. The van der Waals surface area contributed by atoms with Crippen molar-refractivity contribution < 1.29 is 19.5 Å². The van der Waals surface area contributed by atoms with Crippen LogP contribution in [0.1, 0.15) is 33.1 Å². The van der Waals surface area contributed by atoms with E-state index in [9.17, 15) is 14.4 Å². The van der Waals surface area contributed by atoms with Gasteiger partial charge in [0.15, 0.2) is 0 Å². The average molecular weight is 240 g/mol. The van der Waals surface area contributed by atoms with Crippen molar-refractivity contribution in [2.24, 2.45) is 5.41 Å². The van der Waals surface area contributed by atoms with Crippen LogP contribution in [0, 0.1) is 5.41 Å². The molecule has 1 saturated carbocycles. The first-order valence-electron chi connectivity index (χ1n) is 5.66. The van der Waals surface area contributed by atoms with Crippen LogP contribution in [0.15, 0.2) is 0 Å². The second kappa shape index (κ2) is 3.45. The molecule has 17 heavy (non-hydrogen) atoms. The summed E-state index contributed by atoms with van der Waals surface area (Å²) in [6.45, 7) is 3.30. The first kappa shape index (κ1) is 11.9. The van der Waals surface area contributed by atoms with Crippen molar-refractivity contribution in [2.75, 3.05) is 6.54 Å². The standard InChI is InChI=1S/C11H16N2O4/c1-10(2)4-3-5-11(10)8(16)13(6-7(14)15)9(17)12-11/h3-6H2,1-2H3,(H,12,17)(H,14,15). The number of imide groups is 1. The van der Waals surface area contributed by atoms with Crippen molar-refractivity contribution in [1.82, 2.24) is 10.2 Å². The zero-order valence-electron chi connectivity index (χ0n) is 9.95. The van der Waals surface area contributed by atoms with Crippen LogP contribution < -0.4 is 5.32 Å². The van der Waals surface area contributed by atoms with Gasteiger partial charge in [-0.15, -0.1) is 0 Å². The SMILES string of the molecule is CC1(C)CCCC12NC(=O)N(CC(=O)O)C2=O. The number of hydrogen-bond donors (Lipinski definition) is 2. The number of carboxylic acids is 1. The Kier molecular flexibility index (Phi) is 2.41. The van der Waals surface area contributed by atoms with Crippen LogP contribution in [-0.2, 0) is 9.59 Å². The minimum atomic E-state index is -1.18. The Hall–Kier alpha value is -1.59. The van der Waals surface area contributed by atoms with Gasteiger partial charge in [-0.2, -0.15) is 0 Å². The Morgan fingerprint density at radius 1 is 1.41 bits per heavy atom. The number of amides is 3. The Bertz CT molecular complexity index is 404. The molecule has 1 aliphatic heterocycles. The maximum Gasteiger partial charge on any atom is 0.325 e. The molecule has 2 fully saturated rings. The van der Waals surface area contributed by atoms with Crippen molar-refractivity contribution in [1.29, 1.82) is 0 Å². The number of nitrogens with zero attached hydrogens (tertiary/aromatic N) is 1. The van der Waals surface area contributed by atoms with Crippen molar-refractivity contribution in [3.05, 3.63) is 0 Å². The number of carbonyl (C=O) groups excluding carboxylic acids is 2. The van der Waals surface area contributed by atoms with Crippen molar-refractivity contribution in [3.8, 4) is 0 Å². The van der Waals surface area contributed by atoms with Gasteiger partial charge in [0.1, 0.15) is 12.1 Å². The molecule has 6 nitrogen and oxygen atoms in total. The summed E-state index contributed by atoms with van der Waals surface area (Å²) in [5.74, 6) is -1.58. The summed E-state index contributed by atoms with van der Waals surface area (Å²) in [5, 5.41) is 11.4. The largest absolute Gasteiger partial charge is 0.480 e. The van der Waals surface area contributed by atoms with E-state index < -0.39 is 30.0 Å². The Balaban J connectivity index is 2.32. The fourth-order valence-electron chi connectivity index (χ4n) is 2.88. The Morgan fingerprint density at radius 2 is 2.06 bits per heavy atom. The molecule has 0 bridgehead atoms. The Labute approximate surface area is 99.0 Å². The number of hydrogen-bond acceptors (Lipinski definition) is 3. The van der Waals surface area contributed by atoms with Gasteiger partial charge in [-0.1, -0.05) is 13.8 Å². The fraction of sp³-hybridized carbons (Fsp3) is 0.727. The van der Waals surface area contributed by atoms with E-state index in [2.05, 4.69) is 5.32 Å². The third kappa shape index (κ3) is 1.50. The van der Waals surface area contributed by atoms with Gasteiger partial charge >= 0.3 is 12.0 Å². The predicted molar refractivity (Wildman–Crippen MR) is 58.2 cm³/mol. The third-order valence-electron chi connectivity index (χ3n) is 3.98. The molecule has 2 rings (SSSR count). The summed E-state index contributed by atoms with van der Waals surface area (Å²) in [7, 11) is 0. The lowest BCUT2D eigenvalue weighted by Gasteiger charge is -2.35. The van der Waals surface area contributed by atoms with E-state index in [0.29, 0.717) is 6.42 Å². The first-order chi connectivity index (χ1) is 7.80. The smallest absolute Gasteiger partial charge is 0.325 e. The molecule has 2 aliphatic rings. The molecule has 1 atom stereocenters. The van der Waals surface area contributed by atoms with Crippen molar-refractivity contribution in [2.45, 2.75) is 38.6 Å². The summed E-state index contributed by atoms with van der Waals surface area (Å²) in [6, 6.07) is -0.590. The van der Waals surface area contributed by atoms with Crippen LogP contribution in [0.2, 0.25) is 0 Å². The minimum absolute atomic E-state index is 0.326. The summed E-state index contributed by atoms with van der Waals surface area (Å²) in [5.41, 5.74) is -1.23. The molecule has 1 unspecified atom stereocenters. The van der Waals surface area contributed by atoms with Crippen molar-refractivity contribution in [3.63, 3.8) is 0 Å². The minimum Gasteiger partial charge on any atom is -0.480 e. The predicted octanol–water partition coefficient (Wildman–Crippen LogP) is 0.572. The fourth-order valence-corrected chi connectivity index (χ4v) is 2.88. The van der Waals surface area contributed by atoms with Crippen LogP contribution >= 0.6 is 0 Å². The number of aliphatic carboxylic acids is 1. The van der Waals surface area contributed by atoms with Crippen LogP contribution in [0.25, 0.3) is 0 Å². The van der Waals surface area contributed by atoms with Crippen molar-refractivity contribution >= 4 is 17.9 Å². The lowest BCUT2D eigenvalue weighted by Crippen LogP contribution is -2.54. The molecule has 1 heterocycles. The highest BCUT2D eigenvalue weighted by molar-refractivity contribution is 6.09. The third-order valence-corrected chi connectivity index (χ3v) is 3.98. The van der Waals surface area contributed by atoms with Crippen LogP contribution in [0.5, 0.6) is 0 Å². The topological polar surface area (TPSA) is 86.7 Å². The number of rotatable bonds is 2. The zero-order chi connectivity index (χ0) is 12.8. The van der Waals surface area contributed by atoms with Gasteiger partial charge in [-0.05, 0) is 24.7 Å². The molecule has 0 aromatic heterocycles. The van der Waals surface area contributed by atoms with Crippen LogP contribution in [0.4, 0.5) is 4.79 Å². The van der Waals surface area contributed by atoms with Gasteiger partial charge in [0.05, 0.1) is 0 Å². The molecule has 6 heteroatoms. The Morgan fingerprint density at radius 3 is 2.53 bits per heavy atom. The van der Waals surface area contributed by atoms with E-state index in [4.69, 9.17) is 5.11 Å². The van der Waals surface area contributed by atoms with E-state index in [1.165, 1.54) is 0 Å². The molecule has 1 saturated heterocycles. The summed E-state index contributed by atoms with van der Waals surface area (Å²) in [4.78, 5) is 35.4. The van der Waals surface area contributed by atoms with E-state index in [1.807, 2.05) is 13.8 Å². The average Bonchev–Trinajstić information content (AvgIpc) is 2.60. The van der Waals surface area contributed by atoms with E-state index in [-0.39, 0.29) is 5.41 Å². The molecular weight excluding hydrogens is 224 g/mol. The van der Waals surface area contributed by atoms with Crippen LogP contribution in [-0.4, -0.2) is 40.0 Å². The van der Waals surface area contributed by atoms with Gasteiger partial charge in [-0.25, -0.2) is 4.79 Å². The lowest BCUT2D eigenvalue weighted by molar-refractivity contribution is -0.144. The van der Waals surface area contributed by atoms with Gasteiger partial charge in [0, 0.05) is 0 Å². The quantitative estimate of drug-likeness (QED) is 0.691. The van der Waals surface area contributed by atoms with Gasteiger partial charge < -0.3 is 10.4 Å². The highest BCUT2D eigenvalue weighted by atomic mass is 16.4. The van der Waals surface area contributed by atoms with E-state index >= 15 is 0 Å². The number of carbonyl (C=O) groups is 3. The number of carboxylic acid groups (broad SMARTS) is 1. The maximum atomic E-state index is 12.3.